The molecule has 2 aromatic heterocycles. The van der Waals surface area contributed by atoms with Crippen LogP contribution in [0.1, 0.15) is 29.9 Å². The molecule has 1 fully saturated rings. The molecule has 0 atom stereocenters. The summed E-state index contributed by atoms with van der Waals surface area (Å²) in [6, 6.07) is 8.97. The number of rotatable bonds is 6. The van der Waals surface area contributed by atoms with Crippen LogP contribution < -0.4 is 10.1 Å². The summed E-state index contributed by atoms with van der Waals surface area (Å²) in [5, 5.41) is 4.56. The van der Waals surface area contributed by atoms with Gasteiger partial charge in [-0.25, -0.2) is 0 Å². The number of benzene rings is 1. The molecule has 148 valence electrons. The molecule has 0 aliphatic carbocycles. The maximum Gasteiger partial charge on any atom is 0.137 e. The van der Waals surface area contributed by atoms with Crippen molar-refractivity contribution in [1.29, 1.82) is 0 Å². The summed E-state index contributed by atoms with van der Waals surface area (Å²) in [7, 11) is 3.70. The monoisotopic (exact) mass is 378 g/mol. The Bertz CT molecular complexity index is 941. The summed E-state index contributed by atoms with van der Waals surface area (Å²) < 4.78 is 5.34. The van der Waals surface area contributed by atoms with Crippen LogP contribution in [0.4, 0.5) is 0 Å². The van der Waals surface area contributed by atoms with Crippen LogP contribution in [0.5, 0.6) is 5.75 Å². The number of piperidine rings is 1. The van der Waals surface area contributed by atoms with Gasteiger partial charge in [-0.1, -0.05) is 6.07 Å². The zero-order valence-corrected chi connectivity index (χ0v) is 17.1. The van der Waals surface area contributed by atoms with Gasteiger partial charge in [-0.3, -0.25) is 4.98 Å². The molecule has 28 heavy (non-hydrogen) atoms. The number of aryl methyl sites for hydroxylation is 1. The van der Waals surface area contributed by atoms with Gasteiger partial charge in [-0.15, -0.1) is 0 Å². The van der Waals surface area contributed by atoms with E-state index in [1.807, 2.05) is 19.3 Å². The molecule has 1 saturated heterocycles. The number of pyridine rings is 1. The first-order chi connectivity index (χ1) is 13.7. The fraction of sp³-hybridized carbons (Fsp3) is 0.435. The summed E-state index contributed by atoms with van der Waals surface area (Å²) >= 11 is 0. The van der Waals surface area contributed by atoms with Crippen molar-refractivity contribution in [3.05, 3.63) is 47.8 Å². The molecule has 3 heterocycles. The van der Waals surface area contributed by atoms with Crippen molar-refractivity contribution in [1.82, 2.24) is 20.2 Å². The maximum atomic E-state index is 5.34. The SMILES string of the molecule is CNCCN1CCC(c2ccc3[nH]c(-c4cncc(OC)c4)c(C)c3c2)CC1. The fourth-order valence-electron chi connectivity index (χ4n) is 4.31. The van der Waals surface area contributed by atoms with E-state index >= 15 is 0 Å². The topological polar surface area (TPSA) is 53.2 Å². The van der Waals surface area contributed by atoms with Crippen molar-refractivity contribution in [2.24, 2.45) is 0 Å². The van der Waals surface area contributed by atoms with E-state index in [0.29, 0.717) is 5.92 Å². The molecule has 0 saturated carbocycles. The van der Waals surface area contributed by atoms with E-state index in [-0.39, 0.29) is 0 Å². The lowest BCUT2D eigenvalue weighted by atomic mass is 9.88. The molecule has 4 rings (SSSR count). The average molecular weight is 379 g/mol. The molecule has 5 nitrogen and oxygen atoms in total. The lowest BCUT2D eigenvalue weighted by Crippen LogP contribution is -2.37. The number of likely N-dealkylation sites (tertiary alicyclic amines) is 1. The van der Waals surface area contributed by atoms with Crippen molar-refractivity contribution in [3.63, 3.8) is 0 Å². The molecule has 0 amide bonds. The number of methoxy groups -OCH3 is 1. The number of nitrogens with zero attached hydrogens (tertiary/aromatic N) is 2. The summed E-state index contributed by atoms with van der Waals surface area (Å²) in [5.41, 5.74) is 6.12. The molecular weight excluding hydrogens is 348 g/mol. The van der Waals surface area contributed by atoms with E-state index in [1.54, 1.807) is 13.3 Å². The Labute approximate surface area is 167 Å². The van der Waals surface area contributed by atoms with E-state index in [1.165, 1.54) is 48.0 Å². The van der Waals surface area contributed by atoms with Gasteiger partial charge in [0, 0.05) is 35.8 Å². The van der Waals surface area contributed by atoms with Crippen molar-refractivity contribution >= 4 is 10.9 Å². The molecule has 5 heteroatoms. The van der Waals surface area contributed by atoms with Crippen molar-refractivity contribution in [3.8, 4) is 17.0 Å². The number of fused-ring (bicyclic) bond motifs is 1. The molecule has 0 unspecified atom stereocenters. The highest BCUT2D eigenvalue weighted by Crippen LogP contribution is 2.35. The van der Waals surface area contributed by atoms with Gasteiger partial charge in [0.2, 0.25) is 0 Å². The summed E-state index contributed by atoms with van der Waals surface area (Å²) in [4.78, 5) is 10.5. The second kappa shape index (κ2) is 8.33. The van der Waals surface area contributed by atoms with Gasteiger partial charge in [-0.05, 0) is 75.1 Å². The number of ether oxygens (including phenoxy) is 1. The predicted molar refractivity (Wildman–Crippen MR) is 115 cm³/mol. The first-order valence-corrected chi connectivity index (χ1v) is 10.2. The van der Waals surface area contributed by atoms with Gasteiger partial charge >= 0.3 is 0 Å². The number of hydrogen-bond acceptors (Lipinski definition) is 4. The Morgan fingerprint density at radius 1 is 1.21 bits per heavy atom. The number of likely N-dealkylation sites (N-methyl/N-ethyl adjacent to an activating group) is 1. The van der Waals surface area contributed by atoms with Crippen LogP contribution in [0.15, 0.2) is 36.7 Å². The normalized spacial score (nSPS) is 16.0. The minimum atomic E-state index is 0.659. The number of nitrogens with one attached hydrogen (secondary N) is 2. The lowest BCUT2D eigenvalue weighted by molar-refractivity contribution is 0.214. The van der Waals surface area contributed by atoms with Gasteiger partial charge < -0.3 is 19.9 Å². The number of H-pyrrole nitrogens is 1. The van der Waals surface area contributed by atoms with Gasteiger partial charge in [-0.2, -0.15) is 0 Å². The van der Waals surface area contributed by atoms with E-state index in [0.717, 1.165) is 30.1 Å². The van der Waals surface area contributed by atoms with Crippen LogP contribution in [0.2, 0.25) is 0 Å². The molecule has 0 spiro atoms. The number of hydrogen-bond donors (Lipinski definition) is 2. The van der Waals surface area contributed by atoms with Crippen LogP contribution in [-0.2, 0) is 0 Å². The molecule has 1 aliphatic rings. The highest BCUT2D eigenvalue weighted by Gasteiger charge is 2.21. The minimum absolute atomic E-state index is 0.659. The van der Waals surface area contributed by atoms with Gasteiger partial charge in [0.15, 0.2) is 0 Å². The standard InChI is InChI=1S/C23H30N4O/c1-16-21-13-18(17-6-9-27(10-7-17)11-8-24-2)4-5-22(21)26-23(16)19-12-20(28-3)15-25-14-19/h4-5,12-15,17,24,26H,6-11H2,1-3H3. The highest BCUT2D eigenvalue weighted by atomic mass is 16.5. The van der Waals surface area contributed by atoms with E-state index < -0.39 is 0 Å². The third-order valence-electron chi connectivity index (χ3n) is 6.06. The third kappa shape index (κ3) is 3.77. The Hall–Kier alpha value is -2.37. The minimum Gasteiger partial charge on any atom is -0.495 e. The van der Waals surface area contributed by atoms with Gasteiger partial charge in [0.25, 0.3) is 0 Å². The number of aromatic nitrogens is 2. The van der Waals surface area contributed by atoms with Crippen LogP contribution in [0.25, 0.3) is 22.2 Å². The molecule has 0 bridgehead atoms. The zero-order valence-electron chi connectivity index (χ0n) is 17.1. The van der Waals surface area contributed by atoms with E-state index in [4.69, 9.17) is 4.74 Å². The smallest absolute Gasteiger partial charge is 0.137 e. The first kappa shape index (κ1) is 19.0. The van der Waals surface area contributed by atoms with Crippen LogP contribution in [0.3, 0.4) is 0 Å². The Balaban J connectivity index is 1.57. The Morgan fingerprint density at radius 2 is 2.04 bits per heavy atom. The van der Waals surface area contributed by atoms with E-state index in [2.05, 4.69) is 45.3 Å². The third-order valence-corrected chi connectivity index (χ3v) is 6.06. The van der Waals surface area contributed by atoms with Crippen molar-refractivity contribution in [2.45, 2.75) is 25.7 Å². The molecule has 1 aromatic carbocycles. The van der Waals surface area contributed by atoms with Crippen LogP contribution in [0, 0.1) is 6.92 Å². The summed E-state index contributed by atoms with van der Waals surface area (Å²) in [5.74, 6) is 1.44. The quantitative estimate of drug-likeness (QED) is 0.682. The van der Waals surface area contributed by atoms with Crippen LogP contribution >= 0.6 is 0 Å². The Kier molecular flexibility index (Phi) is 5.64. The molecule has 0 radical (unpaired) electrons. The molecule has 3 aromatic rings. The predicted octanol–water partition coefficient (Wildman–Crippen LogP) is 3.95. The van der Waals surface area contributed by atoms with Crippen molar-refractivity contribution in [2.75, 3.05) is 40.3 Å². The second-order valence-electron chi connectivity index (χ2n) is 7.76. The highest BCUT2D eigenvalue weighted by molar-refractivity contribution is 5.91. The fourth-order valence-corrected chi connectivity index (χ4v) is 4.31. The van der Waals surface area contributed by atoms with E-state index in [9.17, 15) is 0 Å². The summed E-state index contributed by atoms with van der Waals surface area (Å²) in [6.07, 6.45) is 6.11. The molecule has 1 aliphatic heterocycles. The summed E-state index contributed by atoms with van der Waals surface area (Å²) in [6.45, 7) is 6.80. The first-order valence-electron chi connectivity index (χ1n) is 10.2. The average Bonchev–Trinajstić information content (AvgIpc) is 3.08. The Morgan fingerprint density at radius 3 is 2.79 bits per heavy atom. The van der Waals surface area contributed by atoms with Crippen LogP contribution in [-0.4, -0.2) is 55.2 Å². The van der Waals surface area contributed by atoms with Gasteiger partial charge in [0.1, 0.15) is 5.75 Å². The zero-order chi connectivity index (χ0) is 19.5. The van der Waals surface area contributed by atoms with Gasteiger partial charge in [0.05, 0.1) is 19.0 Å². The number of aromatic amines is 1. The maximum absolute atomic E-state index is 5.34. The van der Waals surface area contributed by atoms with Crippen molar-refractivity contribution < 1.29 is 4.74 Å². The second-order valence-corrected chi connectivity index (χ2v) is 7.76. The molecular formula is C23H30N4O. The molecule has 2 N–H and O–H groups in total. The largest absolute Gasteiger partial charge is 0.495 e. The lowest BCUT2D eigenvalue weighted by Gasteiger charge is -2.32.